The van der Waals surface area contributed by atoms with E-state index in [0.717, 1.165) is 0 Å². The highest BCUT2D eigenvalue weighted by Gasteiger charge is 2.28. The summed E-state index contributed by atoms with van der Waals surface area (Å²) in [6.07, 6.45) is 0. The molecule has 1 heteroatoms. The van der Waals surface area contributed by atoms with E-state index in [0.29, 0.717) is 0 Å². The molecule has 0 saturated carbocycles. The van der Waals surface area contributed by atoms with Gasteiger partial charge >= 0.3 is 0 Å². The molecule has 2 N–H and O–H groups in total. The van der Waals surface area contributed by atoms with E-state index in [1.807, 2.05) is 0 Å². The second kappa shape index (κ2) is 3.46. The number of rotatable bonds is 0. The van der Waals surface area contributed by atoms with Crippen molar-refractivity contribution in [3.05, 3.63) is 39.0 Å². The smallest absolute Gasteiger partial charge is 0.0522 e. The fraction of sp³-hybridized carbons (Fsp3) is 0.467. The maximum absolute atomic E-state index is 6.31. The molecular formula is C15H21N. The molecule has 0 aromatic heterocycles. The number of fused-ring (bicyclic) bond motifs is 1. The van der Waals surface area contributed by atoms with Crippen molar-refractivity contribution in [1.29, 1.82) is 0 Å². The summed E-state index contributed by atoms with van der Waals surface area (Å²) < 4.78 is 0. The maximum atomic E-state index is 6.31. The van der Waals surface area contributed by atoms with E-state index in [9.17, 15) is 0 Å². The van der Waals surface area contributed by atoms with Gasteiger partial charge in [-0.1, -0.05) is 0 Å². The Kier molecular flexibility index (Phi) is 2.47. The van der Waals surface area contributed by atoms with Gasteiger partial charge in [-0.3, -0.25) is 0 Å². The van der Waals surface area contributed by atoms with E-state index in [1.54, 1.807) is 0 Å². The molecule has 86 valence electrons. The lowest BCUT2D eigenvalue weighted by atomic mass is 9.88. The van der Waals surface area contributed by atoms with Crippen molar-refractivity contribution in [2.45, 2.75) is 47.6 Å². The first-order chi connectivity index (χ1) is 7.37. The number of hydrogen-bond donors (Lipinski definition) is 1. The van der Waals surface area contributed by atoms with Crippen LogP contribution >= 0.6 is 0 Å². The Balaban J connectivity index is 2.89. The van der Waals surface area contributed by atoms with Crippen molar-refractivity contribution in [3.63, 3.8) is 0 Å². The van der Waals surface area contributed by atoms with Gasteiger partial charge in [-0.25, -0.2) is 0 Å². The van der Waals surface area contributed by atoms with Crippen LogP contribution in [0.15, 0.2) is 5.57 Å². The van der Waals surface area contributed by atoms with Crippen LogP contribution in [-0.2, 0) is 0 Å². The van der Waals surface area contributed by atoms with Gasteiger partial charge in [0.15, 0.2) is 0 Å². The van der Waals surface area contributed by atoms with Gasteiger partial charge in [0.05, 0.1) is 6.04 Å². The molecule has 16 heavy (non-hydrogen) atoms. The minimum atomic E-state index is 0.105. The van der Waals surface area contributed by atoms with Crippen LogP contribution in [0, 0.1) is 27.7 Å². The molecule has 0 spiro atoms. The standard InChI is InChI=1S/C15H21N/c1-7-8(2)10(4)14-13(9(7)3)11(5)12(6)15(14)16/h15H,16H2,1-6H3. The zero-order valence-electron chi connectivity index (χ0n) is 11.2. The zero-order chi connectivity index (χ0) is 12.2. The molecule has 1 aliphatic rings. The highest BCUT2D eigenvalue weighted by molar-refractivity contribution is 5.81. The van der Waals surface area contributed by atoms with Gasteiger partial charge in [0, 0.05) is 0 Å². The number of benzene rings is 1. The predicted molar refractivity (Wildman–Crippen MR) is 70.6 cm³/mol. The first-order valence-electron chi connectivity index (χ1n) is 5.91. The van der Waals surface area contributed by atoms with Gasteiger partial charge in [0.2, 0.25) is 0 Å². The molecule has 0 fully saturated rings. The van der Waals surface area contributed by atoms with Gasteiger partial charge in [-0.15, -0.1) is 0 Å². The molecule has 1 unspecified atom stereocenters. The van der Waals surface area contributed by atoms with E-state index < -0.39 is 0 Å². The van der Waals surface area contributed by atoms with Crippen LogP contribution in [0.5, 0.6) is 0 Å². The Hall–Kier alpha value is -1.08. The van der Waals surface area contributed by atoms with Gasteiger partial charge in [-0.2, -0.15) is 0 Å². The molecule has 2 rings (SSSR count). The van der Waals surface area contributed by atoms with Gasteiger partial charge in [0.25, 0.3) is 0 Å². The van der Waals surface area contributed by atoms with Crippen molar-refractivity contribution in [3.8, 4) is 0 Å². The van der Waals surface area contributed by atoms with Crippen molar-refractivity contribution in [1.82, 2.24) is 0 Å². The Morgan fingerprint density at radius 3 is 1.81 bits per heavy atom. The van der Waals surface area contributed by atoms with Crippen LogP contribution in [0.4, 0.5) is 0 Å². The number of allylic oxidation sites excluding steroid dienone is 1. The third-order valence-corrected chi connectivity index (χ3v) is 4.48. The first kappa shape index (κ1) is 11.4. The average Bonchev–Trinajstić information content (AvgIpc) is 2.48. The molecule has 0 aliphatic heterocycles. The fourth-order valence-electron chi connectivity index (χ4n) is 2.86. The topological polar surface area (TPSA) is 26.0 Å². The van der Waals surface area contributed by atoms with Crippen molar-refractivity contribution in [2.75, 3.05) is 0 Å². The lowest BCUT2D eigenvalue weighted by Crippen LogP contribution is -2.12. The van der Waals surface area contributed by atoms with Crippen molar-refractivity contribution < 1.29 is 0 Å². The van der Waals surface area contributed by atoms with E-state index in [2.05, 4.69) is 41.5 Å². The van der Waals surface area contributed by atoms with Crippen LogP contribution in [0.3, 0.4) is 0 Å². The van der Waals surface area contributed by atoms with Gasteiger partial charge in [-0.05, 0) is 86.1 Å². The maximum Gasteiger partial charge on any atom is 0.0522 e. The summed E-state index contributed by atoms with van der Waals surface area (Å²) in [5, 5.41) is 0. The molecule has 0 heterocycles. The Morgan fingerprint density at radius 2 is 1.25 bits per heavy atom. The normalized spacial score (nSPS) is 19.3. The van der Waals surface area contributed by atoms with Crippen LogP contribution in [-0.4, -0.2) is 0 Å². The average molecular weight is 215 g/mol. The molecule has 0 saturated heterocycles. The van der Waals surface area contributed by atoms with Crippen LogP contribution in [0.25, 0.3) is 5.57 Å². The van der Waals surface area contributed by atoms with Crippen molar-refractivity contribution in [2.24, 2.45) is 5.73 Å². The summed E-state index contributed by atoms with van der Waals surface area (Å²) in [6.45, 7) is 13.2. The third-order valence-electron chi connectivity index (χ3n) is 4.48. The minimum absolute atomic E-state index is 0.105. The summed E-state index contributed by atoms with van der Waals surface area (Å²) in [5.74, 6) is 0. The highest BCUT2D eigenvalue weighted by Crippen LogP contribution is 2.44. The molecule has 1 nitrogen and oxygen atoms in total. The van der Waals surface area contributed by atoms with Crippen LogP contribution in [0.1, 0.15) is 53.3 Å². The quantitative estimate of drug-likeness (QED) is 0.701. The molecule has 0 radical (unpaired) electrons. The minimum Gasteiger partial charge on any atom is -0.321 e. The molecular weight excluding hydrogens is 194 g/mol. The lowest BCUT2D eigenvalue weighted by molar-refractivity contribution is 0.855. The molecule has 1 aliphatic carbocycles. The van der Waals surface area contributed by atoms with E-state index in [1.165, 1.54) is 44.5 Å². The highest BCUT2D eigenvalue weighted by atomic mass is 14.7. The summed E-state index contributed by atoms with van der Waals surface area (Å²) in [7, 11) is 0. The second-order valence-electron chi connectivity index (χ2n) is 5.07. The summed E-state index contributed by atoms with van der Waals surface area (Å²) in [5.41, 5.74) is 17.4. The molecule has 0 bridgehead atoms. The Bertz CT molecular complexity index is 507. The monoisotopic (exact) mass is 215 g/mol. The van der Waals surface area contributed by atoms with Crippen LogP contribution < -0.4 is 5.73 Å². The molecule has 0 amide bonds. The van der Waals surface area contributed by atoms with E-state index in [4.69, 9.17) is 5.73 Å². The second-order valence-corrected chi connectivity index (χ2v) is 5.07. The SMILES string of the molecule is CC1=C(C)C(N)c2c(C)c(C)c(C)c(C)c21. The van der Waals surface area contributed by atoms with Gasteiger partial charge in [0.1, 0.15) is 0 Å². The zero-order valence-corrected chi connectivity index (χ0v) is 11.2. The third kappa shape index (κ3) is 1.21. The number of hydrogen-bond acceptors (Lipinski definition) is 1. The number of nitrogens with two attached hydrogens (primary N) is 1. The predicted octanol–water partition coefficient (Wildman–Crippen LogP) is 3.73. The molecule has 1 atom stereocenters. The van der Waals surface area contributed by atoms with Crippen molar-refractivity contribution >= 4 is 5.57 Å². The summed E-state index contributed by atoms with van der Waals surface area (Å²) in [4.78, 5) is 0. The Morgan fingerprint density at radius 1 is 0.750 bits per heavy atom. The molecule has 1 aromatic rings. The van der Waals surface area contributed by atoms with Crippen LogP contribution in [0.2, 0.25) is 0 Å². The largest absolute Gasteiger partial charge is 0.321 e. The van der Waals surface area contributed by atoms with Gasteiger partial charge < -0.3 is 5.73 Å². The lowest BCUT2D eigenvalue weighted by Gasteiger charge is -2.19. The summed E-state index contributed by atoms with van der Waals surface area (Å²) in [6, 6.07) is 0.105. The first-order valence-corrected chi connectivity index (χ1v) is 5.91. The summed E-state index contributed by atoms with van der Waals surface area (Å²) >= 11 is 0. The fourth-order valence-corrected chi connectivity index (χ4v) is 2.86. The van der Waals surface area contributed by atoms with E-state index in [-0.39, 0.29) is 6.04 Å². The molecule has 1 aromatic carbocycles. The Labute approximate surface area is 98.4 Å². The van der Waals surface area contributed by atoms with E-state index >= 15 is 0 Å².